The molecule has 1 aromatic carbocycles. The fourth-order valence-electron chi connectivity index (χ4n) is 3.74. The van der Waals surface area contributed by atoms with Gasteiger partial charge in [-0.1, -0.05) is 29.8 Å². The lowest BCUT2D eigenvalue weighted by molar-refractivity contribution is -0.117. The number of carbonyl (C=O) groups is 2. The molecule has 1 aliphatic rings. The zero-order valence-corrected chi connectivity index (χ0v) is 21.9. The standard InChI is InChI=1S/C25H28Cl2N4O5/c1-6-22(33)30-17-13-36-12-16(17)29-21-8-15(11-32)14(10-28-21)7-18(31(2)3)23-24(26)19(34-4)9-20(35-5)25(23)27/h6-11,16-17H,1,12-13H2,2-5H3,(H,28,29)(H,30,33)/b18-7-. The van der Waals surface area contributed by atoms with Gasteiger partial charge in [-0.05, 0) is 18.2 Å². The van der Waals surface area contributed by atoms with Gasteiger partial charge in [0, 0.05) is 48.7 Å². The van der Waals surface area contributed by atoms with Crippen molar-refractivity contribution in [1.29, 1.82) is 0 Å². The maximum atomic E-state index is 12.0. The number of carbonyl (C=O) groups excluding carboxylic acids is 2. The van der Waals surface area contributed by atoms with Gasteiger partial charge in [-0.2, -0.15) is 0 Å². The van der Waals surface area contributed by atoms with Crippen molar-refractivity contribution in [3.8, 4) is 11.5 Å². The lowest BCUT2D eigenvalue weighted by atomic mass is 10.0. The number of amides is 1. The van der Waals surface area contributed by atoms with E-state index in [1.54, 1.807) is 24.4 Å². The number of aromatic nitrogens is 1. The number of benzene rings is 1. The van der Waals surface area contributed by atoms with E-state index < -0.39 is 0 Å². The molecule has 0 bridgehead atoms. The van der Waals surface area contributed by atoms with Crippen LogP contribution in [0.1, 0.15) is 21.5 Å². The second-order valence-electron chi connectivity index (χ2n) is 8.13. The van der Waals surface area contributed by atoms with Crippen LogP contribution in [0.2, 0.25) is 10.0 Å². The van der Waals surface area contributed by atoms with E-state index in [1.165, 1.54) is 20.3 Å². The number of aldehydes is 1. The number of nitrogens with zero attached hydrogens (tertiary/aromatic N) is 2. The van der Waals surface area contributed by atoms with Crippen molar-refractivity contribution in [3.05, 3.63) is 57.7 Å². The van der Waals surface area contributed by atoms with Gasteiger partial charge in [0.25, 0.3) is 0 Å². The molecule has 36 heavy (non-hydrogen) atoms. The molecule has 1 saturated heterocycles. The molecule has 1 amide bonds. The van der Waals surface area contributed by atoms with Crippen LogP contribution in [0, 0.1) is 0 Å². The predicted octanol–water partition coefficient (Wildman–Crippen LogP) is 3.76. The minimum atomic E-state index is -0.290. The summed E-state index contributed by atoms with van der Waals surface area (Å²) in [6.45, 7) is 4.20. The summed E-state index contributed by atoms with van der Waals surface area (Å²) in [6.07, 6.45) is 5.28. The third-order valence-corrected chi connectivity index (χ3v) is 6.38. The molecule has 2 unspecified atom stereocenters. The van der Waals surface area contributed by atoms with E-state index in [9.17, 15) is 9.59 Å². The number of ether oxygens (including phenoxy) is 3. The first-order valence-electron chi connectivity index (χ1n) is 11.0. The number of hydrogen-bond acceptors (Lipinski definition) is 8. The summed E-state index contributed by atoms with van der Waals surface area (Å²) >= 11 is 13.3. The van der Waals surface area contributed by atoms with Gasteiger partial charge in [-0.25, -0.2) is 4.98 Å². The predicted molar refractivity (Wildman–Crippen MR) is 141 cm³/mol. The molecule has 9 nitrogen and oxygen atoms in total. The van der Waals surface area contributed by atoms with Gasteiger partial charge in [-0.15, -0.1) is 0 Å². The van der Waals surface area contributed by atoms with Gasteiger partial charge in [-0.3, -0.25) is 9.59 Å². The van der Waals surface area contributed by atoms with E-state index in [1.807, 2.05) is 19.0 Å². The number of pyridine rings is 1. The van der Waals surface area contributed by atoms with Crippen molar-refractivity contribution in [2.75, 3.05) is 46.8 Å². The van der Waals surface area contributed by atoms with Crippen molar-refractivity contribution in [2.45, 2.75) is 12.1 Å². The molecule has 1 fully saturated rings. The summed E-state index contributed by atoms with van der Waals surface area (Å²) in [6, 6.07) is 2.76. The van der Waals surface area contributed by atoms with Crippen LogP contribution in [-0.2, 0) is 9.53 Å². The van der Waals surface area contributed by atoms with E-state index in [0.717, 1.165) is 6.29 Å². The molecule has 0 saturated carbocycles. The SMILES string of the molecule is C=CC(=O)NC1COCC1Nc1cc(C=O)c(/C=C(/c2c(Cl)c(OC)cc(OC)c2Cl)N(C)C)cn1. The first kappa shape index (κ1) is 27.3. The maximum Gasteiger partial charge on any atom is 0.243 e. The van der Waals surface area contributed by atoms with E-state index in [4.69, 9.17) is 37.4 Å². The number of halogens is 2. The summed E-state index contributed by atoms with van der Waals surface area (Å²) in [5, 5.41) is 6.65. The zero-order chi connectivity index (χ0) is 26.4. The Morgan fingerprint density at radius 3 is 2.33 bits per heavy atom. The maximum absolute atomic E-state index is 12.0. The third kappa shape index (κ3) is 5.92. The first-order valence-corrected chi connectivity index (χ1v) is 11.7. The fraction of sp³-hybridized carbons (Fsp3) is 0.320. The Balaban J connectivity index is 1.99. The Hall–Kier alpha value is -3.27. The molecule has 0 aliphatic carbocycles. The summed E-state index contributed by atoms with van der Waals surface area (Å²) < 4.78 is 16.3. The molecule has 3 rings (SSSR count). The van der Waals surface area contributed by atoms with Gasteiger partial charge in [0.1, 0.15) is 17.3 Å². The fourth-order valence-corrected chi connectivity index (χ4v) is 4.43. The average Bonchev–Trinajstić information content (AvgIpc) is 3.30. The number of hydrogen-bond donors (Lipinski definition) is 2. The summed E-state index contributed by atoms with van der Waals surface area (Å²) in [5.41, 5.74) is 2.04. The average molecular weight is 535 g/mol. The second-order valence-corrected chi connectivity index (χ2v) is 8.89. The minimum absolute atomic E-state index is 0.221. The van der Waals surface area contributed by atoms with Crippen molar-refractivity contribution in [2.24, 2.45) is 0 Å². The first-order chi connectivity index (χ1) is 17.2. The summed E-state index contributed by atoms with van der Waals surface area (Å²) in [4.78, 5) is 30.0. The molecule has 11 heteroatoms. The quantitative estimate of drug-likeness (QED) is 0.351. The van der Waals surface area contributed by atoms with Crippen LogP contribution < -0.4 is 20.1 Å². The van der Waals surface area contributed by atoms with Gasteiger partial charge in [0.05, 0.1) is 49.6 Å². The molecule has 0 radical (unpaired) electrons. The van der Waals surface area contributed by atoms with Crippen LogP contribution >= 0.6 is 23.2 Å². The Labute approximate surface area is 220 Å². The summed E-state index contributed by atoms with van der Waals surface area (Å²) in [7, 11) is 6.65. The van der Waals surface area contributed by atoms with Gasteiger partial charge in [0.15, 0.2) is 6.29 Å². The molecule has 2 heterocycles. The second kappa shape index (κ2) is 12.1. The normalized spacial score (nSPS) is 17.3. The molecular formula is C25H28Cl2N4O5. The highest BCUT2D eigenvalue weighted by molar-refractivity contribution is 6.39. The third-order valence-electron chi connectivity index (χ3n) is 5.63. The van der Waals surface area contributed by atoms with Crippen molar-refractivity contribution in [3.63, 3.8) is 0 Å². The monoisotopic (exact) mass is 534 g/mol. The van der Waals surface area contributed by atoms with Crippen LogP contribution in [0.4, 0.5) is 5.82 Å². The highest BCUT2D eigenvalue weighted by Crippen LogP contribution is 2.44. The van der Waals surface area contributed by atoms with Crippen LogP contribution in [0.3, 0.4) is 0 Å². The van der Waals surface area contributed by atoms with E-state index in [-0.39, 0.29) is 18.0 Å². The number of anilines is 1. The van der Waals surface area contributed by atoms with Crippen molar-refractivity contribution >= 4 is 53.0 Å². The molecule has 0 spiro atoms. The molecule has 1 aromatic heterocycles. The van der Waals surface area contributed by atoms with Crippen LogP contribution in [0.25, 0.3) is 11.8 Å². The van der Waals surface area contributed by atoms with E-state index in [2.05, 4.69) is 22.2 Å². The lowest BCUT2D eigenvalue weighted by Gasteiger charge is -2.23. The van der Waals surface area contributed by atoms with Crippen LogP contribution in [-0.4, -0.2) is 75.7 Å². The minimum Gasteiger partial charge on any atom is -0.495 e. The largest absolute Gasteiger partial charge is 0.495 e. The van der Waals surface area contributed by atoms with E-state index >= 15 is 0 Å². The Kier molecular flexibility index (Phi) is 9.19. The van der Waals surface area contributed by atoms with Gasteiger partial charge in [0.2, 0.25) is 5.91 Å². The molecule has 192 valence electrons. The molecule has 2 atom stereocenters. The molecular weight excluding hydrogens is 507 g/mol. The molecule has 2 aromatic rings. The number of methoxy groups -OCH3 is 2. The Bertz CT molecular complexity index is 1160. The molecule has 2 N–H and O–H groups in total. The van der Waals surface area contributed by atoms with E-state index in [0.29, 0.717) is 63.0 Å². The van der Waals surface area contributed by atoms with Crippen molar-refractivity contribution < 1.29 is 23.8 Å². The van der Waals surface area contributed by atoms with Crippen molar-refractivity contribution in [1.82, 2.24) is 15.2 Å². The number of nitrogens with one attached hydrogen (secondary N) is 2. The zero-order valence-electron chi connectivity index (χ0n) is 20.4. The topological polar surface area (TPSA) is 102 Å². The van der Waals surface area contributed by atoms with Gasteiger partial charge < -0.3 is 29.7 Å². The lowest BCUT2D eigenvalue weighted by Crippen LogP contribution is -2.45. The van der Waals surface area contributed by atoms with Crippen LogP contribution in [0.5, 0.6) is 11.5 Å². The van der Waals surface area contributed by atoms with Gasteiger partial charge >= 0.3 is 0 Å². The highest BCUT2D eigenvalue weighted by Gasteiger charge is 2.29. The number of rotatable bonds is 10. The summed E-state index contributed by atoms with van der Waals surface area (Å²) in [5.74, 6) is 0.965. The highest BCUT2D eigenvalue weighted by atomic mass is 35.5. The Morgan fingerprint density at radius 1 is 1.14 bits per heavy atom. The smallest absolute Gasteiger partial charge is 0.243 e. The Morgan fingerprint density at radius 2 is 1.78 bits per heavy atom. The van der Waals surface area contributed by atoms with Crippen LogP contribution in [0.15, 0.2) is 31.0 Å². The molecule has 1 aliphatic heterocycles.